The molecule has 3 heteroatoms. The van der Waals surface area contributed by atoms with E-state index in [0.29, 0.717) is 24.0 Å². The molecule has 2 rings (SSSR count). The van der Waals surface area contributed by atoms with Crippen LogP contribution in [0.2, 0.25) is 0 Å². The van der Waals surface area contributed by atoms with Crippen LogP contribution in [0.15, 0.2) is 18.3 Å². The fourth-order valence-corrected chi connectivity index (χ4v) is 2.17. The number of ketones is 1. The van der Waals surface area contributed by atoms with Gasteiger partial charge in [0.05, 0.1) is 7.11 Å². The first kappa shape index (κ1) is 10.1. The Morgan fingerprint density at radius 2 is 2.40 bits per heavy atom. The summed E-state index contributed by atoms with van der Waals surface area (Å²) in [4.78, 5) is 15.5. The topological polar surface area (TPSA) is 39.2 Å². The van der Waals surface area contributed by atoms with Crippen molar-refractivity contribution in [3.8, 4) is 5.88 Å². The Bertz CT molecular complexity index is 362. The van der Waals surface area contributed by atoms with Crippen LogP contribution in [0, 0.1) is 0 Å². The van der Waals surface area contributed by atoms with Crippen molar-refractivity contribution in [2.75, 3.05) is 7.11 Å². The summed E-state index contributed by atoms with van der Waals surface area (Å²) in [6, 6.07) is 3.91. The van der Waals surface area contributed by atoms with E-state index in [9.17, 15) is 4.79 Å². The molecular formula is C12H15NO2. The molecule has 0 bridgehead atoms. The minimum Gasteiger partial charge on any atom is -0.481 e. The highest BCUT2D eigenvalue weighted by atomic mass is 16.5. The maximum Gasteiger partial charge on any atom is 0.216 e. The second-order valence-electron chi connectivity index (χ2n) is 3.93. The van der Waals surface area contributed by atoms with Crippen LogP contribution < -0.4 is 4.74 Å². The van der Waals surface area contributed by atoms with Crippen LogP contribution >= 0.6 is 0 Å². The van der Waals surface area contributed by atoms with Crippen LogP contribution in [0.3, 0.4) is 0 Å². The first-order chi connectivity index (χ1) is 7.31. The van der Waals surface area contributed by atoms with Gasteiger partial charge in [-0.25, -0.2) is 4.98 Å². The predicted molar refractivity (Wildman–Crippen MR) is 57.0 cm³/mol. The van der Waals surface area contributed by atoms with Crippen LogP contribution in [0.1, 0.15) is 37.2 Å². The normalized spacial score (nSPS) is 21.4. The standard InChI is InChI=1S/C12H15NO2/c1-15-12-11(6-3-7-13-12)9-4-2-5-10(14)8-9/h3,6-7,9H,2,4-5,8H2,1H3/t9-/m0/s1. The zero-order chi connectivity index (χ0) is 10.7. The number of rotatable bonds is 2. The minimum absolute atomic E-state index is 0.301. The van der Waals surface area contributed by atoms with Gasteiger partial charge in [0.2, 0.25) is 5.88 Å². The summed E-state index contributed by atoms with van der Waals surface area (Å²) in [5.74, 6) is 1.32. The molecule has 1 saturated carbocycles. The Morgan fingerprint density at radius 1 is 1.53 bits per heavy atom. The molecule has 0 unspecified atom stereocenters. The third kappa shape index (κ3) is 2.17. The van der Waals surface area contributed by atoms with Crippen molar-refractivity contribution in [1.29, 1.82) is 0 Å². The van der Waals surface area contributed by atoms with Crippen LogP contribution in [-0.2, 0) is 4.79 Å². The summed E-state index contributed by atoms with van der Waals surface area (Å²) in [6.45, 7) is 0. The van der Waals surface area contributed by atoms with Crippen LogP contribution in [0.25, 0.3) is 0 Å². The van der Waals surface area contributed by atoms with E-state index in [4.69, 9.17) is 4.74 Å². The number of hydrogen-bond donors (Lipinski definition) is 0. The summed E-state index contributed by atoms with van der Waals surface area (Å²) in [5, 5.41) is 0. The molecule has 1 aromatic rings. The molecular weight excluding hydrogens is 190 g/mol. The quantitative estimate of drug-likeness (QED) is 0.743. The molecule has 0 saturated heterocycles. The zero-order valence-corrected chi connectivity index (χ0v) is 8.90. The van der Waals surface area contributed by atoms with Crippen LogP contribution in [0.4, 0.5) is 0 Å². The van der Waals surface area contributed by atoms with E-state index < -0.39 is 0 Å². The Hall–Kier alpha value is -1.38. The van der Waals surface area contributed by atoms with Crippen LogP contribution in [-0.4, -0.2) is 17.9 Å². The molecule has 0 radical (unpaired) electrons. The second-order valence-corrected chi connectivity index (χ2v) is 3.93. The van der Waals surface area contributed by atoms with E-state index in [1.807, 2.05) is 12.1 Å². The lowest BCUT2D eigenvalue weighted by Gasteiger charge is -2.22. The van der Waals surface area contributed by atoms with Gasteiger partial charge in [-0.05, 0) is 24.8 Å². The average Bonchev–Trinajstić information content (AvgIpc) is 2.29. The first-order valence-electron chi connectivity index (χ1n) is 5.32. The van der Waals surface area contributed by atoms with Crippen LogP contribution in [0.5, 0.6) is 5.88 Å². The number of pyridine rings is 1. The molecule has 0 aromatic carbocycles. The number of carbonyl (C=O) groups excluding carboxylic acids is 1. The molecule has 0 spiro atoms. The highest BCUT2D eigenvalue weighted by Gasteiger charge is 2.23. The van der Waals surface area contributed by atoms with Gasteiger partial charge in [0, 0.05) is 24.6 Å². The van der Waals surface area contributed by atoms with Crippen molar-refractivity contribution in [2.45, 2.75) is 31.6 Å². The van der Waals surface area contributed by atoms with Crippen molar-refractivity contribution in [3.05, 3.63) is 23.9 Å². The zero-order valence-electron chi connectivity index (χ0n) is 8.90. The van der Waals surface area contributed by atoms with Gasteiger partial charge in [0.1, 0.15) is 5.78 Å². The van der Waals surface area contributed by atoms with E-state index in [1.54, 1.807) is 13.3 Å². The summed E-state index contributed by atoms with van der Waals surface area (Å²) < 4.78 is 5.21. The van der Waals surface area contributed by atoms with Crippen molar-refractivity contribution >= 4 is 5.78 Å². The first-order valence-corrected chi connectivity index (χ1v) is 5.32. The van der Waals surface area contributed by atoms with Gasteiger partial charge in [0.15, 0.2) is 0 Å². The van der Waals surface area contributed by atoms with Crippen molar-refractivity contribution in [1.82, 2.24) is 4.98 Å². The average molecular weight is 205 g/mol. The molecule has 3 nitrogen and oxygen atoms in total. The molecule has 1 atom stereocenters. The third-order valence-corrected chi connectivity index (χ3v) is 2.92. The third-order valence-electron chi connectivity index (χ3n) is 2.92. The second kappa shape index (κ2) is 4.43. The van der Waals surface area contributed by atoms with Gasteiger partial charge in [-0.2, -0.15) is 0 Å². The Kier molecular flexibility index (Phi) is 2.99. The lowest BCUT2D eigenvalue weighted by atomic mass is 9.84. The predicted octanol–water partition coefficient (Wildman–Crippen LogP) is 2.32. The lowest BCUT2D eigenvalue weighted by molar-refractivity contribution is -0.120. The largest absolute Gasteiger partial charge is 0.481 e. The fourth-order valence-electron chi connectivity index (χ4n) is 2.17. The summed E-state index contributed by atoms with van der Waals surface area (Å²) in [7, 11) is 1.62. The number of Topliss-reactive ketones (excluding diaryl/α,β-unsaturated/α-hetero) is 1. The Morgan fingerprint density at radius 3 is 3.13 bits per heavy atom. The number of ether oxygens (including phenoxy) is 1. The van der Waals surface area contributed by atoms with Crippen molar-refractivity contribution in [2.24, 2.45) is 0 Å². The summed E-state index contributed by atoms with van der Waals surface area (Å²) >= 11 is 0. The smallest absolute Gasteiger partial charge is 0.216 e. The fraction of sp³-hybridized carbons (Fsp3) is 0.500. The van der Waals surface area contributed by atoms with Gasteiger partial charge in [-0.1, -0.05) is 6.07 Å². The number of carbonyl (C=O) groups is 1. The molecule has 1 aliphatic carbocycles. The maximum atomic E-state index is 11.4. The van der Waals surface area contributed by atoms with E-state index in [2.05, 4.69) is 4.98 Å². The Balaban J connectivity index is 2.24. The molecule has 1 heterocycles. The molecule has 1 fully saturated rings. The molecule has 15 heavy (non-hydrogen) atoms. The summed E-state index contributed by atoms with van der Waals surface area (Å²) in [6.07, 6.45) is 5.14. The number of nitrogens with zero attached hydrogens (tertiary/aromatic N) is 1. The Labute approximate surface area is 89.5 Å². The monoisotopic (exact) mass is 205 g/mol. The molecule has 0 amide bonds. The molecule has 1 aliphatic rings. The highest BCUT2D eigenvalue weighted by molar-refractivity contribution is 5.80. The molecule has 1 aromatic heterocycles. The van der Waals surface area contributed by atoms with Gasteiger partial charge >= 0.3 is 0 Å². The maximum absolute atomic E-state index is 11.4. The minimum atomic E-state index is 0.301. The lowest BCUT2D eigenvalue weighted by Crippen LogP contribution is -2.14. The van der Waals surface area contributed by atoms with Gasteiger partial charge in [0.25, 0.3) is 0 Å². The van der Waals surface area contributed by atoms with Crippen molar-refractivity contribution < 1.29 is 9.53 Å². The van der Waals surface area contributed by atoms with Crippen molar-refractivity contribution in [3.63, 3.8) is 0 Å². The molecule has 0 aliphatic heterocycles. The summed E-state index contributed by atoms with van der Waals surface area (Å²) in [5.41, 5.74) is 1.08. The van der Waals surface area contributed by atoms with Gasteiger partial charge in [-0.3, -0.25) is 4.79 Å². The van der Waals surface area contributed by atoms with Gasteiger partial charge in [-0.15, -0.1) is 0 Å². The van der Waals surface area contributed by atoms with E-state index in [1.165, 1.54) is 0 Å². The number of methoxy groups -OCH3 is 1. The SMILES string of the molecule is COc1ncccc1[C@H]1CCCC(=O)C1. The molecule has 0 N–H and O–H groups in total. The number of hydrogen-bond acceptors (Lipinski definition) is 3. The van der Waals surface area contributed by atoms with E-state index in [-0.39, 0.29) is 0 Å². The van der Waals surface area contributed by atoms with E-state index in [0.717, 1.165) is 24.8 Å². The number of aromatic nitrogens is 1. The van der Waals surface area contributed by atoms with Gasteiger partial charge < -0.3 is 4.74 Å². The molecule has 80 valence electrons. The highest BCUT2D eigenvalue weighted by Crippen LogP contribution is 2.34. The van der Waals surface area contributed by atoms with E-state index >= 15 is 0 Å².